The van der Waals surface area contributed by atoms with E-state index in [2.05, 4.69) is 10.6 Å². The molecule has 3 nitrogen and oxygen atoms in total. The summed E-state index contributed by atoms with van der Waals surface area (Å²) in [6.07, 6.45) is 2.43. The zero-order valence-electron chi connectivity index (χ0n) is 9.42. The van der Waals surface area contributed by atoms with Crippen LogP contribution >= 0.6 is 11.6 Å². The van der Waals surface area contributed by atoms with Crippen molar-refractivity contribution in [3.8, 4) is 5.75 Å². The third kappa shape index (κ3) is 2.80. The van der Waals surface area contributed by atoms with Crippen molar-refractivity contribution in [3.63, 3.8) is 0 Å². The third-order valence-electron chi connectivity index (χ3n) is 2.82. The number of methoxy groups -OCH3 is 1. The van der Waals surface area contributed by atoms with E-state index in [1.54, 1.807) is 7.11 Å². The summed E-state index contributed by atoms with van der Waals surface area (Å²) < 4.78 is 5.12. The van der Waals surface area contributed by atoms with E-state index >= 15 is 0 Å². The van der Waals surface area contributed by atoms with Crippen molar-refractivity contribution in [1.82, 2.24) is 5.32 Å². The molecule has 0 aromatic heterocycles. The molecule has 0 bridgehead atoms. The van der Waals surface area contributed by atoms with E-state index in [1.807, 2.05) is 18.2 Å². The highest BCUT2D eigenvalue weighted by Crippen LogP contribution is 2.27. The molecule has 0 amide bonds. The van der Waals surface area contributed by atoms with E-state index in [0.717, 1.165) is 18.8 Å². The Hall–Kier alpha value is -0.930. The Bertz CT molecular complexity index is 351. The molecule has 1 aliphatic heterocycles. The lowest BCUT2D eigenvalue weighted by molar-refractivity contribution is 0.415. The summed E-state index contributed by atoms with van der Waals surface area (Å²) in [4.78, 5) is 0. The summed E-state index contributed by atoms with van der Waals surface area (Å²) in [5.74, 6) is 0.717. The van der Waals surface area contributed by atoms with Crippen LogP contribution in [0, 0.1) is 0 Å². The van der Waals surface area contributed by atoms with Crippen LogP contribution in [0.15, 0.2) is 18.2 Å². The largest absolute Gasteiger partial charge is 0.495 e. The first kappa shape index (κ1) is 11.6. The Morgan fingerprint density at radius 2 is 2.38 bits per heavy atom. The second-order valence-electron chi connectivity index (χ2n) is 4.04. The van der Waals surface area contributed by atoms with Crippen molar-refractivity contribution in [1.29, 1.82) is 0 Å². The lowest BCUT2D eigenvalue weighted by Gasteiger charge is -2.25. The van der Waals surface area contributed by atoms with Gasteiger partial charge in [0.2, 0.25) is 0 Å². The van der Waals surface area contributed by atoms with Gasteiger partial charge in [-0.05, 0) is 37.6 Å². The Balaban J connectivity index is 2.01. The molecule has 16 heavy (non-hydrogen) atoms. The number of anilines is 1. The van der Waals surface area contributed by atoms with Gasteiger partial charge < -0.3 is 15.4 Å². The molecule has 1 atom stereocenters. The molecule has 2 rings (SSSR count). The first-order valence-electron chi connectivity index (χ1n) is 5.60. The second-order valence-corrected chi connectivity index (χ2v) is 4.44. The van der Waals surface area contributed by atoms with Gasteiger partial charge in [0.15, 0.2) is 0 Å². The lowest BCUT2D eigenvalue weighted by Crippen LogP contribution is -2.38. The van der Waals surface area contributed by atoms with Crippen LogP contribution in [0.2, 0.25) is 5.02 Å². The highest BCUT2D eigenvalue weighted by Gasteiger charge is 2.12. The van der Waals surface area contributed by atoms with Crippen molar-refractivity contribution >= 4 is 17.3 Å². The van der Waals surface area contributed by atoms with Crippen LogP contribution in [0.4, 0.5) is 5.69 Å². The van der Waals surface area contributed by atoms with Crippen LogP contribution in [-0.2, 0) is 0 Å². The predicted octanol–water partition coefficient (Wildman–Crippen LogP) is 2.51. The van der Waals surface area contributed by atoms with E-state index in [1.165, 1.54) is 12.8 Å². The van der Waals surface area contributed by atoms with Crippen molar-refractivity contribution in [2.75, 3.05) is 25.5 Å². The number of ether oxygens (including phenoxy) is 1. The molecule has 1 unspecified atom stereocenters. The quantitative estimate of drug-likeness (QED) is 0.852. The number of rotatable bonds is 3. The van der Waals surface area contributed by atoms with Gasteiger partial charge in [0.25, 0.3) is 0 Å². The fourth-order valence-electron chi connectivity index (χ4n) is 1.97. The normalized spacial score (nSPS) is 20.5. The maximum atomic E-state index is 6.07. The topological polar surface area (TPSA) is 33.3 Å². The fraction of sp³-hybridized carbons (Fsp3) is 0.500. The van der Waals surface area contributed by atoms with Crippen molar-refractivity contribution < 1.29 is 4.74 Å². The van der Waals surface area contributed by atoms with E-state index in [9.17, 15) is 0 Å². The molecular weight excluding hydrogens is 224 g/mol. The number of hydrogen-bond acceptors (Lipinski definition) is 3. The number of benzene rings is 1. The van der Waals surface area contributed by atoms with Gasteiger partial charge in [-0.15, -0.1) is 0 Å². The fourth-order valence-corrected chi connectivity index (χ4v) is 2.22. The molecule has 4 heteroatoms. The van der Waals surface area contributed by atoms with E-state index in [-0.39, 0.29) is 0 Å². The van der Waals surface area contributed by atoms with Crippen LogP contribution < -0.4 is 15.4 Å². The van der Waals surface area contributed by atoms with E-state index in [0.29, 0.717) is 16.8 Å². The van der Waals surface area contributed by atoms with Gasteiger partial charge in [0, 0.05) is 18.3 Å². The number of nitrogens with one attached hydrogen (secondary N) is 2. The molecule has 1 heterocycles. The molecule has 2 N–H and O–H groups in total. The highest BCUT2D eigenvalue weighted by molar-refractivity contribution is 6.32. The molecule has 0 saturated carbocycles. The minimum atomic E-state index is 0.498. The van der Waals surface area contributed by atoms with Gasteiger partial charge in [-0.2, -0.15) is 0 Å². The smallest absolute Gasteiger partial charge is 0.137 e. The summed E-state index contributed by atoms with van der Waals surface area (Å²) in [5, 5.41) is 7.49. The third-order valence-corrected chi connectivity index (χ3v) is 3.11. The number of hydrogen-bond donors (Lipinski definition) is 2. The highest BCUT2D eigenvalue weighted by atomic mass is 35.5. The second kappa shape index (κ2) is 5.41. The Kier molecular flexibility index (Phi) is 3.91. The zero-order chi connectivity index (χ0) is 11.4. The average molecular weight is 241 g/mol. The molecule has 1 aliphatic rings. The number of piperidine rings is 1. The van der Waals surface area contributed by atoms with Gasteiger partial charge in [0.05, 0.1) is 12.1 Å². The Morgan fingerprint density at radius 1 is 1.50 bits per heavy atom. The van der Waals surface area contributed by atoms with Crippen molar-refractivity contribution in [3.05, 3.63) is 23.2 Å². The number of halogens is 1. The van der Waals surface area contributed by atoms with Gasteiger partial charge in [0.1, 0.15) is 5.75 Å². The van der Waals surface area contributed by atoms with E-state index in [4.69, 9.17) is 16.3 Å². The summed E-state index contributed by atoms with van der Waals surface area (Å²) >= 11 is 6.07. The monoisotopic (exact) mass is 240 g/mol. The van der Waals surface area contributed by atoms with E-state index < -0.39 is 0 Å². The molecular formula is C12H17ClN2O. The maximum Gasteiger partial charge on any atom is 0.137 e. The van der Waals surface area contributed by atoms with Crippen molar-refractivity contribution in [2.45, 2.75) is 18.9 Å². The summed E-state index contributed by atoms with van der Waals surface area (Å²) in [6.45, 7) is 2.14. The standard InChI is InChI=1S/C12H17ClN2O/c1-16-12-5-4-9(7-11(12)13)15-10-3-2-6-14-8-10/h4-5,7,10,14-15H,2-3,6,8H2,1H3. The average Bonchev–Trinajstić information content (AvgIpc) is 2.31. The molecule has 1 aromatic rings. The first-order valence-corrected chi connectivity index (χ1v) is 5.98. The Morgan fingerprint density at radius 3 is 3.00 bits per heavy atom. The van der Waals surface area contributed by atoms with Gasteiger partial charge in [-0.1, -0.05) is 11.6 Å². The van der Waals surface area contributed by atoms with Gasteiger partial charge >= 0.3 is 0 Å². The molecule has 1 saturated heterocycles. The van der Waals surface area contributed by atoms with Gasteiger partial charge in [-0.25, -0.2) is 0 Å². The Labute approximate surface area is 101 Å². The van der Waals surface area contributed by atoms with Crippen LogP contribution in [0.25, 0.3) is 0 Å². The van der Waals surface area contributed by atoms with Gasteiger partial charge in [-0.3, -0.25) is 0 Å². The molecule has 88 valence electrons. The summed E-state index contributed by atoms with van der Waals surface area (Å²) in [5.41, 5.74) is 1.06. The van der Waals surface area contributed by atoms with Crippen LogP contribution in [0.3, 0.4) is 0 Å². The lowest BCUT2D eigenvalue weighted by atomic mass is 10.1. The minimum Gasteiger partial charge on any atom is -0.495 e. The summed E-state index contributed by atoms with van der Waals surface area (Å²) in [7, 11) is 1.62. The zero-order valence-corrected chi connectivity index (χ0v) is 10.2. The molecule has 0 radical (unpaired) electrons. The van der Waals surface area contributed by atoms with Crippen LogP contribution in [-0.4, -0.2) is 26.2 Å². The molecule has 1 aromatic carbocycles. The first-order chi connectivity index (χ1) is 7.79. The minimum absolute atomic E-state index is 0.498. The summed E-state index contributed by atoms with van der Waals surface area (Å²) in [6, 6.07) is 6.30. The molecule has 1 fully saturated rings. The molecule has 0 spiro atoms. The predicted molar refractivity (Wildman–Crippen MR) is 67.5 cm³/mol. The van der Waals surface area contributed by atoms with Crippen molar-refractivity contribution in [2.24, 2.45) is 0 Å². The van der Waals surface area contributed by atoms with Crippen LogP contribution in [0.1, 0.15) is 12.8 Å². The molecule has 0 aliphatic carbocycles. The SMILES string of the molecule is COc1ccc(NC2CCCNC2)cc1Cl. The van der Waals surface area contributed by atoms with Crippen LogP contribution in [0.5, 0.6) is 5.75 Å². The maximum absolute atomic E-state index is 6.07.